The molecular weight excluding hydrogens is 310 g/mol. The third-order valence-corrected chi connectivity index (χ3v) is 3.53. The van der Waals surface area contributed by atoms with E-state index in [9.17, 15) is 20.0 Å². The first-order chi connectivity index (χ1) is 11.5. The van der Waals surface area contributed by atoms with Crippen LogP contribution in [-0.2, 0) is 6.42 Å². The van der Waals surface area contributed by atoms with Crippen LogP contribution in [0.4, 0.5) is 11.4 Å². The van der Waals surface area contributed by atoms with Gasteiger partial charge in [-0.05, 0) is 11.6 Å². The number of aliphatic hydroxyl groups is 1. The average molecular weight is 329 g/mol. The second-order valence-corrected chi connectivity index (χ2v) is 5.29. The summed E-state index contributed by atoms with van der Waals surface area (Å²) < 4.78 is 0. The van der Waals surface area contributed by atoms with E-state index in [1.54, 1.807) is 0 Å². The van der Waals surface area contributed by atoms with Crippen molar-refractivity contribution in [1.29, 1.82) is 0 Å². The number of amides is 1. The van der Waals surface area contributed by atoms with Crippen LogP contribution in [-0.4, -0.2) is 35.6 Å². The van der Waals surface area contributed by atoms with E-state index in [0.29, 0.717) is 12.1 Å². The first kappa shape index (κ1) is 17.4. The van der Waals surface area contributed by atoms with Crippen LogP contribution in [0.25, 0.3) is 0 Å². The Kier molecular flexibility index (Phi) is 5.86. The van der Waals surface area contributed by atoms with Crippen LogP contribution in [0, 0.1) is 10.1 Å². The molecule has 126 valence electrons. The normalized spacial score (nSPS) is 11.6. The average Bonchev–Trinajstić information content (AvgIpc) is 2.60. The number of nitrogens with one attached hydrogen (secondary N) is 2. The minimum atomic E-state index is -0.653. The number of benzene rings is 2. The Labute approximate surface area is 139 Å². The molecule has 2 rings (SSSR count). The summed E-state index contributed by atoms with van der Waals surface area (Å²) >= 11 is 0. The van der Waals surface area contributed by atoms with Gasteiger partial charge in [0.15, 0.2) is 0 Å². The number of carbonyl (C=O) groups is 1. The van der Waals surface area contributed by atoms with Gasteiger partial charge in [0.25, 0.3) is 11.6 Å². The lowest BCUT2D eigenvalue weighted by atomic mass is 10.1. The molecule has 0 fully saturated rings. The van der Waals surface area contributed by atoms with Crippen molar-refractivity contribution in [2.24, 2.45) is 0 Å². The predicted molar refractivity (Wildman–Crippen MR) is 91.1 cm³/mol. The summed E-state index contributed by atoms with van der Waals surface area (Å²) in [5.74, 6) is -0.432. The van der Waals surface area contributed by atoms with E-state index in [0.717, 1.165) is 5.56 Å². The second kappa shape index (κ2) is 8.07. The highest BCUT2D eigenvalue weighted by molar-refractivity contribution is 6.00. The van der Waals surface area contributed by atoms with Gasteiger partial charge in [0.2, 0.25) is 0 Å². The maximum absolute atomic E-state index is 11.9. The van der Waals surface area contributed by atoms with E-state index >= 15 is 0 Å². The smallest absolute Gasteiger partial charge is 0.270 e. The lowest BCUT2D eigenvalue weighted by molar-refractivity contribution is -0.384. The van der Waals surface area contributed by atoms with E-state index < -0.39 is 16.9 Å². The van der Waals surface area contributed by atoms with Crippen LogP contribution < -0.4 is 10.6 Å². The number of nitro benzene ring substituents is 1. The van der Waals surface area contributed by atoms with Gasteiger partial charge in [-0.25, -0.2) is 0 Å². The molecule has 0 heterocycles. The number of hydrogen-bond acceptors (Lipinski definition) is 5. The molecule has 0 aromatic heterocycles. The number of non-ortho nitro benzene ring substituents is 1. The van der Waals surface area contributed by atoms with Crippen LogP contribution in [0.15, 0.2) is 48.5 Å². The molecule has 7 heteroatoms. The van der Waals surface area contributed by atoms with Gasteiger partial charge in [-0.15, -0.1) is 0 Å². The van der Waals surface area contributed by atoms with Gasteiger partial charge >= 0.3 is 0 Å². The van der Waals surface area contributed by atoms with Crippen LogP contribution in [0.3, 0.4) is 0 Å². The van der Waals surface area contributed by atoms with Crippen molar-refractivity contribution in [1.82, 2.24) is 5.32 Å². The van der Waals surface area contributed by atoms with Crippen molar-refractivity contribution in [2.75, 3.05) is 18.9 Å². The van der Waals surface area contributed by atoms with Crippen LogP contribution >= 0.6 is 0 Å². The van der Waals surface area contributed by atoms with E-state index in [1.807, 2.05) is 30.3 Å². The fourth-order valence-electron chi connectivity index (χ4n) is 2.31. The molecule has 1 atom stereocenters. The SMILES string of the molecule is CNC(=O)c1cc([N+](=O)[O-])ccc1NCC(O)Cc1ccccc1. The summed E-state index contributed by atoms with van der Waals surface area (Å²) in [5.41, 5.74) is 1.44. The summed E-state index contributed by atoms with van der Waals surface area (Å²) in [6, 6.07) is 13.5. The van der Waals surface area contributed by atoms with E-state index in [1.165, 1.54) is 25.2 Å². The lowest BCUT2D eigenvalue weighted by Crippen LogP contribution is -2.24. The van der Waals surface area contributed by atoms with Crippen molar-refractivity contribution in [3.63, 3.8) is 0 Å². The fraction of sp³-hybridized carbons (Fsp3) is 0.235. The second-order valence-electron chi connectivity index (χ2n) is 5.29. The molecule has 24 heavy (non-hydrogen) atoms. The molecule has 7 nitrogen and oxygen atoms in total. The van der Waals surface area contributed by atoms with E-state index in [-0.39, 0.29) is 17.8 Å². The van der Waals surface area contributed by atoms with E-state index in [2.05, 4.69) is 10.6 Å². The van der Waals surface area contributed by atoms with Crippen LogP contribution in [0.5, 0.6) is 0 Å². The largest absolute Gasteiger partial charge is 0.391 e. The number of anilines is 1. The monoisotopic (exact) mass is 329 g/mol. The Morgan fingerprint density at radius 1 is 1.25 bits per heavy atom. The molecule has 0 aliphatic heterocycles. The number of nitrogens with zero attached hydrogens (tertiary/aromatic N) is 1. The number of carbonyl (C=O) groups excluding carboxylic acids is 1. The molecule has 0 saturated carbocycles. The van der Waals surface area contributed by atoms with Gasteiger partial charge in [0.05, 0.1) is 16.6 Å². The molecule has 1 amide bonds. The van der Waals surface area contributed by atoms with Crippen molar-refractivity contribution in [3.05, 3.63) is 69.8 Å². The topological polar surface area (TPSA) is 104 Å². The third kappa shape index (κ3) is 4.53. The zero-order chi connectivity index (χ0) is 17.5. The Bertz CT molecular complexity index is 719. The lowest BCUT2D eigenvalue weighted by Gasteiger charge is -2.15. The predicted octanol–water partition coefficient (Wildman–Crippen LogP) is 1.97. The van der Waals surface area contributed by atoms with Gasteiger partial charge < -0.3 is 15.7 Å². The zero-order valence-electron chi connectivity index (χ0n) is 13.2. The minimum Gasteiger partial charge on any atom is -0.391 e. The maximum Gasteiger partial charge on any atom is 0.270 e. The molecule has 2 aromatic carbocycles. The standard InChI is InChI=1S/C17H19N3O4/c1-18-17(22)15-10-13(20(23)24)7-8-16(15)19-11-14(21)9-12-5-3-2-4-6-12/h2-8,10,14,19,21H,9,11H2,1H3,(H,18,22). The van der Waals surface area contributed by atoms with E-state index in [4.69, 9.17) is 0 Å². The summed E-state index contributed by atoms with van der Waals surface area (Å²) in [7, 11) is 1.45. The molecule has 1 unspecified atom stereocenters. The first-order valence-electron chi connectivity index (χ1n) is 7.47. The fourth-order valence-corrected chi connectivity index (χ4v) is 2.31. The summed E-state index contributed by atoms with van der Waals surface area (Å²) in [4.78, 5) is 22.2. The maximum atomic E-state index is 11.9. The number of aliphatic hydroxyl groups excluding tert-OH is 1. The van der Waals surface area contributed by atoms with Crippen LogP contribution in [0.2, 0.25) is 0 Å². The van der Waals surface area contributed by atoms with Crippen molar-refractivity contribution >= 4 is 17.3 Å². The molecule has 0 spiro atoms. The summed E-state index contributed by atoms with van der Waals surface area (Å²) in [5, 5.41) is 26.4. The van der Waals surface area contributed by atoms with Crippen molar-refractivity contribution < 1.29 is 14.8 Å². The Balaban J connectivity index is 2.08. The Morgan fingerprint density at radius 2 is 1.96 bits per heavy atom. The summed E-state index contributed by atoms with van der Waals surface area (Å²) in [6.45, 7) is 0.219. The molecule has 0 bridgehead atoms. The number of nitro groups is 1. The number of rotatable bonds is 7. The molecular formula is C17H19N3O4. The zero-order valence-corrected chi connectivity index (χ0v) is 13.2. The molecule has 0 saturated heterocycles. The Morgan fingerprint density at radius 3 is 2.58 bits per heavy atom. The minimum absolute atomic E-state index is 0.163. The van der Waals surface area contributed by atoms with Crippen LogP contribution in [0.1, 0.15) is 15.9 Å². The summed E-state index contributed by atoms with van der Waals surface area (Å²) in [6.07, 6.45) is -0.184. The van der Waals surface area contributed by atoms with Crippen molar-refractivity contribution in [3.8, 4) is 0 Å². The molecule has 0 radical (unpaired) electrons. The van der Waals surface area contributed by atoms with Crippen molar-refractivity contribution in [2.45, 2.75) is 12.5 Å². The van der Waals surface area contributed by atoms with Gasteiger partial charge in [0, 0.05) is 37.8 Å². The first-order valence-corrected chi connectivity index (χ1v) is 7.47. The van der Waals surface area contributed by atoms with Gasteiger partial charge in [0.1, 0.15) is 0 Å². The molecule has 0 aliphatic rings. The highest BCUT2D eigenvalue weighted by atomic mass is 16.6. The van der Waals surface area contributed by atoms with Gasteiger partial charge in [-0.2, -0.15) is 0 Å². The third-order valence-electron chi connectivity index (χ3n) is 3.53. The van der Waals surface area contributed by atoms with Gasteiger partial charge in [-0.3, -0.25) is 14.9 Å². The molecule has 0 aliphatic carbocycles. The molecule has 2 aromatic rings. The molecule has 3 N–H and O–H groups in total. The Hall–Kier alpha value is -2.93. The quantitative estimate of drug-likeness (QED) is 0.532. The highest BCUT2D eigenvalue weighted by Crippen LogP contribution is 2.22. The van der Waals surface area contributed by atoms with Gasteiger partial charge in [-0.1, -0.05) is 30.3 Å². The number of hydrogen-bond donors (Lipinski definition) is 3. The highest BCUT2D eigenvalue weighted by Gasteiger charge is 2.16.